The summed E-state index contributed by atoms with van der Waals surface area (Å²) >= 11 is 0. The zero-order chi connectivity index (χ0) is 27.1. The van der Waals surface area contributed by atoms with Crippen molar-refractivity contribution in [2.45, 2.75) is 32.6 Å². The summed E-state index contributed by atoms with van der Waals surface area (Å²) in [5, 5.41) is 6.79. The number of nitrogens with zero attached hydrogens (tertiary/aromatic N) is 2. The van der Waals surface area contributed by atoms with Gasteiger partial charge in [-0.05, 0) is 68.7 Å². The maximum atomic E-state index is 13.4. The van der Waals surface area contributed by atoms with Crippen molar-refractivity contribution < 1.29 is 19.1 Å². The SMILES string of the molecule is CCOC(=O)NC[C@H]1CC[C@H](CNC(=O)c2cc(-c3ccc(C(=O)N(C)C)cc3)nc3ccccc23)CC1. The molecule has 0 unspecified atom stereocenters. The van der Waals surface area contributed by atoms with Crippen molar-refractivity contribution in [3.8, 4) is 11.3 Å². The lowest BCUT2D eigenvalue weighted by atomic mass is 9.82. The quantitative estimate of drug-likeness (QED) is 0.444. The number of fused-ring (bicyclic) bond motifs is 1. The van der Waals surface area contributed by atoms with Crippen LogP contribution in [0.3, 0.4) is 0 Å². The molecule has 1 aromatic heterocycles. The highest BCUT2D eigenvalue weighted by atomic mass is 16.5. The number of benzene rings is 2. The van der Waals surface area contributed by atoms with Gasteiger partial charge in [0.05, 0.1) is 23.4 Å². The first-order chi connectivity index (χ1) is 18.4. The number of alkyl carbamates (subject to hydrolysis) is 1. The number of hydrogen-bond donors (Lipinski definition) is 2. The van der Waals surface area contributed by atoms with Gasteiger partial charge < -0.3 is 20.3 Å². The molecule has 0 aliphatic heterocycles. The fraction of sp³-hybridized carbons (Fsp3) is 0.400. The van der Waals surface area contributed by atoms with Crippen molar-refractivity contribution in [1.29, 1.82) is 0 Å². The van der Waals surface area contributed by atoms with Crippen molar-refractivity contribution in [1.82, 2.24) is 20.5 Å². The number of amides is 3. The summed E-state index contributed by atoms with van der Waals surface area (Å²) in [7, 11) is 3.45. The second-order valence-corrected chi connectivity index (χ2v) is 10.0. The molecule has 0 saturated heterocycles. The fourth-order valence-corrected chi connectivity index (χ4v) is 4.93. The number of carbonyl (C=O) groups excluding carboxylic acids is 3. The van der Waals surface area contributed by atoms with Gasteiger partial charge in [-0.3, -0.25) is 9.59 Å². The number of nitrogens with one attached hydrogen (secondary N) is 2. The highest BCUT2D eigenvalue weighted by molar-refractivity contribution is 6.07. The standard InChI is InChI=1S/C30H36N4O4/c1-4-38-30(37)32-19-21-11-9-20(10-12-21)18-31-28(35)25-17-27(33-26-8-6-5-7-24(25)26)22-13-15-23(16-14-22)29(36)34(2)3/h5-8,13-17,20-21H,4,9-12,18-19H2,1-3H3,(H,31,35)(H,32,37)/t20-,21-. The summed E-state index contributed by atoms with van der Waals surface area (Å²) < 4.78 is 4.93. The van der Waals surface area contributed by atoms with E-state index in [0.717, 1.165) is 42.1 Å². The summed E-state index contributed by atoms with van der Waals surface area (Å²) in [6.45, 7) is 3.41. The Morgan fingerprint density at radius 2 is 1.55 bits per heavy atom. The van der Waals surface area contributed by atoms with Crippen molar-refractivity contribution in [3.63, 3.8) is 0 Å². The molecule has 1 heterocycles. The van der Waals surface area contributed by atoms with Crippen LogP contribution in [0.25, 0.3) is 22.2 Å². The Bertz CT molecular complexity index is 1280. The second-order valence-electron chi connectivity index (χ2n) is 10.0. The van der Waals surface area contributed by atoms with E-state index >= 15 is 0 Å². The van der Waals surface area contributed by atoms with Crippen molar-refractivity contribution in [2.75, 3.05) is 33.8 Å². The smallest absolute Gasteiger partial charge is 0.407 e. The molecule has 1 aliphatic carbocycles. The van der Waals surface area contributed by atoms with Crippen molar-refractivity contribution in [2.24, 2.45) is 11.8 Å². The van der Waals surface area contributed by atoms with Gasteiger partial charge in [0.25, 0.3) is 11.8 Å². The molecule has 2 aromatic carbocycles. The van der Waals surface area contributed by atoms with Gasteiger partial charge >= 0.3 is 6.09 Å². The Balaban J connectivity index is 1.42. The van der Waals surface area contributed by atoms with Crippen LogP contribution in [0.4, 0.5) is 4.79 Å². The fourth-order valence-electron chi connectivity index (χ4n) is 4.93. The van der Waals surface area contributed by atoms with E-state index in [0.29, 0.717) is 48.4 Å². The maximum Gasteiger partial charge on any atom is 0.407 e. The molecule has 38 heavy (non-hydrogen) atoms. The highest BCUT2D eigenvalue weighted by Gasteiger charge is 2.23. The van der Waals surface area contributed by atoms with Crippen LogP contribution in [0.1, 0.15) is 53.3 Å². The summed E-state index contributed by atoms with van der Waals surface area (Å²) in [5.74, 6) is 0.673. The third kappa shape index (κ3) is 6.68. The van der Waals surface area contributed by atoms with Crippen LogP contribution in [0.15, 0.2) is 54.6 Å². The number of para-hydroxylation sites is 1. The van der Waals surface area contributed by atoms with Crippen LogP contribution in [-0.2, 0) is 4.74 Å². The van der Waals surface area contributed by atoms with Crippen molar-refractivity contribution in [3.05, 3.63) is 65.7 Å². The van der Waals surface area contributed by atoms with Gasteiger partial charge in [-0.15, -0.1) is 0 Å². The summed E-state index contributed by atoms with van der Waals surface area (Å²) in [5.41, 5.74) is 3.47. The van der Waals surface area contributed by atoms with Crippen LogP contribution in [0, 0.1) is 11.8 Å². The number of hydrogen-bond acceptors (Lipinski definition) is 5. The number of pyridine rings is 1. The van der Waals surface area contributed by atoms with Crippen LogP contribution < -0.4 is 10.6 Å². The van der Waals surface area contributed by atoms with E-state index in [1.165, 1.54) is 0 Å². The molecule has 3 amide bonds. The van der Waals surface area contributed by atoms with Gasteiger partial charge in [-0.1, -0.05) is 30.3 Å². The van der Waals surface area contributed by atoms with Crippen molar-refractivity contribution >= 4 is 28.8 Å². The normalized spacial score (nSPS) is 17.0. The molecule has 1 fully saturated rings. The van der Waals surface area contributed by atoms with Gasteiger partial charge in [0.2, 0.25) is 0 Å². The molecule has 0 bridgehead atoms. The topological polar surface area (TPSA) is 101 Å². The third-order valence-corrected chi connectivity index (χ3v) is 7.12. The Hall–Kier alpha value is -3.94. The molecule has 200 valence electrons. The minimum Gasteiger partial charge on any atom is -0.450 e. The van der Waals surface area contributed by atoms with Gasteiger partial charge in [0.1, 0.15) is 0 Å². The zero-order valence-electron chi connectivity index (χ0n) is 22.3. The van der Waals surface area contributed by atoms with E-state index in [1.807, 2.05) is 42.5 Å². The van der Waals surface area contributed by atoms with E-state index in [1.54, 1.807) is 38.1 Å². The number of ether oxygens (including phenoxy) is 1. The number of carbonyl (C=O) groups is 3. The minimum atomic E-state index is -0.358. The largest absolute Gasteiger partial charge is 0.450 e. The maximum absolute atomic E-state index is 13.4. The molecule has 8 nitrogen and oxygen atoms in total. The number of rotatable bonds is 8. The molecule has 3 aromatic rings. The highest BCUT2D eigenvalue weighted by Crippen LogP contribution is 2.29. The van der Waals surface area contributed by atoms with Gasteiger partial charge in [-0.25, -0.2) is 9.78 Å². The summed E-state index contributed by atoms with van der Waals surface area (Å²) in [6, 6.07) is 16.8. The Morgan fingerprint density at radius 3 is 2.18 bits per heavy atom. The molecule has 4 rings (SSSR count). The van der Waals surface area contributed by atoms with E-state index in [4.69, 9.17) is 9.72 Å². The molecule has 0 atom stereocenters. The van der Waals surface area contributed by atoms with Crippen LogP contribution in [-0.4, -0.2) is 61.6 Å². The van der Waals surface area contributed by atoms with Crippen LogP contribution in [0.2, 0.25) is 0 Å². The predicted molar refractivity (Wildman–Crippen MR) is 148 cm³/mol. The Kier molecular flexibility index (Phi) is 8.94. The predicted octanol–water partition coefficient (Wildman–Crippen LogP) is 4.89. The second kappa shape index (κ2) is 12.5. The molecular weight excluding hydrogens is 480 g/mol. The van der Waals surface area contributed by atoms with Gasteiger partial charge in [-0.2, -0.15) is 0 Å². The molecular formula is C30H36N4O4. The lowest BCUT2D eigenvalue weighted by molar-refractivity contribution is 0.0827. The van der Waals surface area contributed by atoms with Gasteiger partial charge in [0.15, 0.2) is 0 Å². The minimum absolute atomic E-state index is 0.0626. The first-order valence-electron chi connectivity index (χ1n) is 13.3. The van der Waals surface area contributed by atoms with Gasteiger partial charge in [0, 0.05) is 43.7 Å². The first-order valence-corrected chi connectivity index (χ1v) is 13.3. The third-order valence-electron chi connectivity index (χ3n) is 7.12. The van der Waals surface area contributed by atoms with Crippen LogP contribution in [0.5, 0.6) is 0 Å². The van der Waals surface area contributed by atoms with E-state index in [-0.39, 0.29) is 17.9 Å². The monoisotopic (exact) mass is 516 g/mol. The van der Waals surface area contributed by atoms with E-state index < -0.39 is 0 Å². The molecule has 0 spiro atoms. The van der Waals surface area contributed by atoms with E-state index in [9.17, 15) is 14.4 Å². The first kappa shape index (κ1) is 27.1. The zero-order valence-corrected chi connectivity index (χ0v) is 22.3. The van der Waals surface area contributed by atoms with Crippen LogP contribution >= 0.6 is 0 Å². The average molecular weight is 517 g/mol. The summed E-state index contributed by atoms with van der Waals surface area (Å²) in [6.07, 6.45) is 3.69. The molecule has 8 heteroatoms. The Morgan fingerprint density at radius 1 is 0.921 bits per heavy atom. The number of aromatic nitrogens is 1. The molecule has 1 saturated carbocycles. The lowest BCUT2D eigenvalue weighted by Gasteiger charge is -2.28. The molecule has 1 aliphatic rings. The Labute approximate surface area is 223 Å². The average Bonchev–Trinajstić information content (AvgIpc) is 2.94. The molecule has 2 N–H and O–H groups in total. The molecule has 0 radical (unpaired) electrons. The summed E-state index contributed by atoms with van der Waals surface area (Å²) in [4.78, 5) is 43.5. The lowest BCUT2D eigenvalue weighted by Crippen LogP contribution is -2.34. The van der Waals surface area contributed by atoms with E-state index in [2.05, 4.69) is 10.6 Å².